The Hall–Kier alpha value is -3.44. The van der Waals surface area contributed by atoms with E-state index in [1.165, 1.54) is 4.90 Å². The van der Waals surface area contributed by atoms with Crippen LogP contribution in [0.4, 0.5) is 5.69 Å². The van der Waals surface area contributed by atoms with Crippen molar-refractivity contribution in [1.29, 1.82) is 0 Å². The minimum Gasteiger partial charge on any atom is -0.291 e. The second-order valence-corrected chi connectivity index (χ2v) is 7.61. The van der Waals surface area contributed by atoms with Crippen molar-refractivity contribution in [2.45, 2.75) is 11.5 Å². The number of nitrogens with zero attached hydrogens (tertiary/aromatic N) is 2. The molecule has 1 radical (unpaired) electrons. The maximum absolute atomic E-state index is 13.1. The second kappa shape index (κ2) is 7.11. The summed E-state index contributed by atoms with van der Waals surface area (Å²) in [5, 5.41) is 0. The van der Waals surface area contributed by atoms with Gasteiger partial charge in [0.15, 0.2) is 6.04 Å². The molecule has 0 spiro atoms. The molecule has 6 heteroatoms. The molecule has 3 amide bonds. The molecule has 0 aromatic heterocycles. The number of benzene rings is 3. The van der Waals surface area contributed by atoms with Crippen LogP contribution in [-0.2, 0) is 4.79 Å². The Kier molecular flexibility index (Phi) is 4.40. The van der Waals surface area contributed by atoms with Crippen molar-refractivity contribution in [2.75, 3.05) is 4.90 Å². The van der Waals surface area contributed by atoms with Crippen LogP contribution in [0.25, 0.3) is 0 Å². The van der Waals surface area contributed by atoms with Crippen LogP contribution >= 0.6 is 11.6 Å². The average molecular weight is 416 g/mol. The Balaban J connectivity index is 1.43. The number of halogens is 1. The number of carbonyl (C=O) groups is 3. The number of imide groups is 1. The van der Waals surface area contributed by atoms with Crippen LogP contribution in [0.5, 0.6) is 0 Å². The number of para-hydroxylation sites is 1. The maximum Gasteiger partial charge on any atom is 0.262 e. The van der Waals surface area contributed by atoms with Gasteiger partial charge in [0.05, 0.1) is 11.1 Å². The van der Waals surface area contributed by atoms with Gasteiger partial charge in [0.25, 0.3) is 17.7 Å². The summed E-state index contributed by atoms with van der Waals surface area (Å²) in [5.74, 6) is -1.34. The van der Waals surface area contributed by atoms with E-state index in [9.17, 15) is 14.4 Å². The molecule has 0 N–H and O–H groups in total. The van der Waals surface area contributed by atoms with Crippen LogP contribution in [-0.4, -0.2) is 34.2 Å². The van der Waals surface area contributed by atoms with E-state index in [4.69, 9.17) is 11.6 Å². The summed E-state index contributed by atoms with van der Waals surface area (Å²) >= 11 is 6.58. The molecule has 2 heterocycles. The van der Waals surface area contributed by atoms with Gasteiger partial charge in [-0.15, -0.1) is 0 Å². The number of amides is 3. The van der Waals surface area contributed by atoms with E-state index in [2.05, 4.69) is 0 Å². The van der Waals surface area contributed by atoms with E-state index in [-0.39, 0.29) is 5.91 Å². The zero-order valence-electron chi connectivity index (χ0n) is 15.7. The summed E-state index contributed by atoms with van der Waals surface area (Å²) < 4.78 is 0. The SMILES string of the molecule is O=C1c2ccccc2C(=O)N1[C@H]1C(=O)N(c2ccccc2[CH]c2ccccc2)[C@@H]1Cl. The lowest BCUT2D eigenvalue weighted by Crippen LogP contribution is -2.70. The average Bonchev–Trinajstić information content (AvgIpc) is 3.01. The first-order valence-electron chi connectivity index (χ1n) is 9.51. The highest BCUT2D eigenvalue weighted by atomic mass is 35.5. The predicted molar refractivity (Wildman–Crippen MR) is 113 cm³/mol. The minimum absolute atomic E-state index is 0.301. The lowest BCUT2D eigenvalue weighted by molar-refractivity contribution is -0.128. The molecule has 5 rings (SSSR count). The Morgan fingerprint density at radius 1 is 0.700 bits per heavy atom. The van der Waals surface area contributed by atoms with Crippen LogP contribution < -0.4 is 4.90 Å². The van der Waals surface area contributed by atoms with Gasteiger partial charge in [-0.2, -0.15) is 0 Å². The van der Waals surface area contributed by atoms with Crippen molar-refractivity contribution in [1.82, 2.24) is 4.90 Å². The van der Waals surface area contributed by atoms with Gasteiger partial charge in [-0.1, -0.05) is 72.3 Å². The maximum atomic E-state index is 13.1. The number of hydrogen-bond acceptors (Lipinski definition) is 3. The summed E-state index contributed by atoms with van der Waals surface area (Å²) in [6.45, 7) is 0. The predicted octanol–water partition coefficient (Wildman–Crippen LogP) is 3.86. The Bertz CT molecular complexity index is 1140. The van der Waals surface area contributed by atoms with Gasteiger partial charge >= 0.3 is 0 Å². The number of hydrogen-bond donors (Lipinski definition) is 0. The third kappa shape index (κ3) is 2.74. The molecule has 2 aliphatic rings. The second-order valence-electron chi connectivity index (χ2n) is 7.17. The zero-order chi connectivity index (χ0) is 20.8. The summed E-state index contributed by atoms with van der Waals surface area (Å²) in [5.41, 5.74) is 2.21. The van der Waals surface area contributed by atoms with E-state index in [1.807, 2.05) is 55.0 Å². The number of β-lactam (4-membered cyclic amide) rings is 1. The molecule has 3 aromatic rings. The van der Waals surface area contributed by atoms with Crippen molar-refractivity contribution in [2.24, 2.45) is 0 Å². The van der Waals surface area contributed by atoms with Crippen LogP contribution in [0.3, 0.4) is 0 Å². The number of carbonyl (C=O) groups excluding carboxylic acids is 3. The normalized spacial score (nSPS) is 20.4. The monoisotopic (exact) mass is 415 g/mol. The lowest BCUT2D eigenvalue weighted by atomic mass is 9.98. The number of rotatable bonds is 4. The van der Waals surface area contributed by atoms with Crippen LogP contribution in [0.15, 0.2) is 78.9 Å². The van der Waals surface area contributed by atoms with Crippen molar-refractivity contribution >= 4 is 35.0 Å². The fourth-order valence-corrected chi connectivity index (χ4v) is 4.37. The molecule has 0 bridgehead atoms. The molecule has 0 saturated carbocycles. The molecule has 0 unspecified atom stereocenters. The fraction of sp³-hybridized carbons (Fsp3) is 0.0833. The third-order valence-electron chi connectivity index (χ3n) is 5.42. The van der Waals surface area contributed by atoms with Crippen LogP contribution in [0, 0.1) is 6.42 Å². The molecule has 2 aliphatic heterocycles. The molecule has 5 nitrogen and oxygen atoms in total. The Morgan fingerprint density at radius 3 is 1.90 bits per heavy atom. The summed E-state index contributed by atoms with van der Waals surface area (Å²) in [6, 6.07) is 22.7. The number of fused-ring (bicyclic) bond motifs is 1. The molecule has 3 aromatic carbocycles. The van der Waals surface area contributed by atoms with E-state index < -0.39 is 23.4 Å². The van der Waals surface area contributed by atoms with Gasteiger partial charge in [0.1, 0.15) is 5.50 Å². The zero-order valence-corrected chi connectivity index (χ0v) is 16.5. The van der Waals surface area contributed by atoms with Gasteiger partial charge in [-0.05, 0) is 29.3 Å². The number of alkyl halides is 1. The van der Waals surface area contributed by atoms with Gasteiger partial charge in [-0.25, -0.2) is 0 Å². The molecule has 147 valence electrons. The van der Waals surface area contributed by atoms with E-state index in [0.29, 0.717) is 16.8 Å². The van der Waals surface area contributed by atoms with E-state index in [0.717, 1.165) is 16.0 Å². The first-order valence-corrected chi connectivity index (χ1v) is 9.94. The van der Waals surface area contributed by atoms with Gasteiger partial charge in [0, 0.05) is 12.1 Å². The molecule has 1 saturated heterocycles. The van der Waals surface area contributed by atoms with Crippen molar-refractivity contribution in [3.05, 3.63) is 108 Å². The molecule has 1 fully saturated rings. The van der Waals surface area contributed by atoms with E-state index in [1.54, 1.807) is 30.3 Å². The molecular formula is C24H16ClN2O3. The highest BCUT2D eigenvalue weighted by molar-refractivity contribution is 6.34. The highest BCUT2D eigenvalue weighted by Gasteiger charge is 2.56. The van der Waals surface area contributed by atoms with Gasteiger partial charge in [-0.3, -0.25) is 24.2 Å². The first kappa shape index (κ1) is 18.6. The Labute approximate surface area is 178 Å². The lowest BCUT2D eigenvalue weighted by Gasteiger charge is -2.46. The van der Waals surface area contributed by atoms with E-state index >= 15 is 0 Å². The smallest absolute Gasteiger partial charge is 0.262 e. The summed E-state index contributed by atoms with van der Waals surface area (Å²) in [6.07, 6.45) is 1.96. The third-order valence-corrected chi connectivity index (χ3v) is 5.85. The number of anilines is 1. The van der Waals surface area contributed by atoms with Crippen LogP contribution in [0.2, 0.25) is 0 Å². The Morgan fingerprint density at radius 2 is 1.27 bits per heavy atom. The molecular weight excluding hydrogens is 400 g/mol. The topological polar surface area (TPSA) is 57.7 Å². The largest absolute Gasteiger partial charge is 0.291 e. The fourth-order valence-electron chi connectivity index (χ4n) is 3.94. The summed E-state index contributed by atoms with van der Waals surface area (Å²) in [7, 11) is 0. The molecule has 0 aliphatic carbocycles. The quantitative estimate of drug-likeness (QED) is 0.281. The van der Waals surface area contributed by atoms with Crippen molar-refractivity contribution < 1.29 is 14.4 Å². The minimum atomic E-state index is -1.02. The van der Waals surface area contributed by atoms with Crippen molar-refractivity contribution in [3.63, 3.8) is 0 Å². The van der Waals surface area contributed by atoms with Crippen molar-refractivity contribution in [3.8, 4) is 0 Å². The highest BCUT2D eigenvalue weighted by Crippen LogP contribution is 2.39. The van der Waals surface area contributed by atoms with Gasteiger partial charge in [0.2, 0.25) is 0 Å². The standard InChI is InChI=1S/C24H16ClN2O3/c25-21-20(27-22(28)17-11-5-6-12-18(17)23(27)29)24(30)26(21)19-13-7-4-10-16(19)14-15-8-2-1-3-9-15/h1-14,20-21H/t20-,21+/m1/s1. The molecule has 2 atom stereocenters. The molecule has 30 heavy (non-hydrogen) atoms. The van der Waals surface area contributed by atoms with Crippen LogP contribution in [0.1, 0.15) is 31.8 Å². The first-order chi connectivity index (χ1) is 14.6. The summed E-state index contributed by atoms with van der Waals surface area (Å²) in [4.78, 5) is 41.0. The van der Waals surface area contributed by atoms with Gasteiger partial charge < -0.3 is 0 Å².